The van der Waals surface area contributed by atoms with Gasteiger partial charge < -0.3 is 11.1 Å². The summed E-state index contributed by atoms with van der Waals surface area (Å²) in [5.74, 6) is 1.73. The summed E-state index contributed by atoms with van der Waals surface area (Å²) in [7, 11) is 1.90. The number of aryl methyl sites for hydroxylation is 1. The van der Waals surface area contributed by atoms with Crippen LogP contribution in [0.3, 0.4) is 0 Å². The minimum atomic E-state index is 0.163. The molecule has 2 atom stereocenters. The van der Waals surface area contributed by atoms with E-state index < -0.39 is 0 Å². The molecule has 2 unspecified atom stereocenters. The molecule has 3 aliphatic heterocycles. The Labute approximate surface area is 135 Å². The van der Waals surface area contributed by atoms with Gasteiger partial charge in [-0.2, -0.15) is 5.10 Å². The van der Waals surface area contributed by atoms with Gasteiger partial charge in [-0.05, 0) is 31.4 Å². The van der Waals surface area contributed by atoms with Gasteiger partial charge in [-0.25, -0.2) is 4.99 Å². The van der Waals surface area contributed by atoms with Crippen molar-refractivity contribution in [3.63, 3.8) is 0 Å². The van der Waals surface area contributed by atoms with Crippen molar-refractivity contribution in [1.82, 2.24) is 20.0 Å². The van der Waals surface area contributed by atoms with Crippen LogP contribution in [0.5, 0.6) is 0 Å². The first-order valence-electron chi connectivity index (χ1n) is 8.01. The predicted molar refractivity (Wildman–Crippen MR) is 90.6 cm³/mol. The van der Waals surface area contributed by atoms with Crippen LogP contribution in [-0.4, -0.2) is 45.5 Å². The average molecular weight is 311 g/mol. The predicted octanol–water partition coefficient (Wildman–Crippen LogP) is 0.685. The van der Waals surface area contributed by atoms with Gasteiger partial charge in [0.05, 0.1) is 24.1 Å². The summed E-state index contributed by atoms with van der Waals surface area (Å²) >= 11 is 0. The maximum atomic E-state index is 6.09. The third-order valence-electron chi connectivity index (χ3n) is 4.57. The Morgan fingerprint density at radius 1 is 1.39 bits per heavy atom. The van der Waals surface area contributed by atoms with Gasteiger partial charge in [0.1, 0.15) is 0 Å². The van der Waals surface area contributed by atoms with Crippen molar-refractivity contribution in [3.8, 4) is 0 Å². The quantitative estimate of drug-likeness (QED) is 0.841. The van der Waals surface area contributed by atoms with E-state index in [1.807, 2.05) is 24.3 Å². The van der Waals surface area contributed by atoms with Crippen molar-refractivity contribution in [3.05, 3.63) is 36.4 Å². The zero-order valence-electron chi connectivity index (χ0n) is 13.2. The van der Waals surface area contributed by atoms with Gasteiger partial charge in [-0.1, -0.05) is 0 Å². The second-order valence-electron chi connectivity index (χ2n) is 6.19. The number of aliphatic imine (C=N–C) groups is 2. The Morgan fingerprint density at radius 2 is 2.30 bits per heavy atom. The van der Waals surface area contributed by atoms with Crippen LogP contribution >= 0.6 is 0 Å². The minimum Gasteiger partial charge on any atom is -0.381 e. The largest absolute Gasteiger partial charge is 0.381 e. The summed E-state index contributed by atoms with van der Waals surface area (Å²) < 4.78 is 1.78. The van der Waals surface area contributed by atoms with Crippen molar-refractivity contribution in [2.75, 3.05) is 13.1 Å². The number of amidine groups is 2. The fourth-order valence-electron chi connectivity index (χ4n) is 3.33. The molecule has 0 aromatic carbocycles. The molecule has 1 saturated heterocycles. The lowest BCUT2D eigenvalue weighted by Crippen LogP contribution is -2.44. The lowest BCUT2D eigenvalue weighted by atomic mass is 9.91. The van der Waals surface area contributed by atoms with Crippen molar-refractivity contribution in [1.29, 1.82) is 0 Å². The topological polar surface area (TPSA) is 83.8 Å². The van der Waals surface area contributed by atoms with Crippen LogP contribution in [0, 0.1) is 5.92 Å². The molecule has 0 spiro atoms. The van der Waals surface area contributed by atoms with Crippen LogP contribution in [0.15, 0.2) is 40.9 Å². The standard InChI is InChI=1S/C16H21N7/c1-22-10-12(8-20-22)14-9-19-15(17)16-21-13(4-6-23(14)16)11-3-2-5-18-7-11/h4,6,8-11,13,18H,2-3,5,7H2,1H3,(H2,17,19). The maximum absolute atomic E-state index is 6.09. The molecule has 0 radical (unpaired) electrons. The summed E-state index contributed by atoms with van der Waals surface area (Å²) in [6.45, 7) is 2.11. The van der Waals surface area contributed by atoms with Gasteiger partial charge in [0, 0.05) is 31.6 Å². The van der Waals surface area contributed by atoms with E-state index in [9.17, 15) is 0 Å². The first kappa shape index (κ1) is 14.2. The van der Waals surface area contributed by atoms with Gasteiger partial charge in [-0.15, -0.1) is 0 Å². The number of piperidine rings is 1. The number of fused-ring (bicyclic) bond motifs is 1. The first-order chi connectivity index (χ1) is 11.2. The van der Waals surface area contributed by atoms with E-state index >= 15 is 0 Å². The molecular weight excluding hydrogens is 290 g/mol. The highest BCUT2D eigenvalue weighted by Crippen LogP contribution is 2.28. The normalized spacial score (nSPS) is 27.2. The molecule has 0 bridgehead atoms. The number of aromatic nitrogens is 2. The van der Waals surface area contributed by atoms with Gasteiger partial charge in [-0.3, -0.25) is 14.6 Å². The average Bonchev–Trinajstić information content (AvgIpc) is 3.02. The van der Waals surface area contributed by atoms with E-state index in [-0.39, 0.29) is 6.04 Å². The Kier molecular flexibility index (Phi) is 3.49. The lowest BCUT2D eigenvalue weighted by molar-refractivity contribution is 0.348. The molecule has 0 aliphatic carbocycles. The summed E-state index contributed by atoms with van der Waals surface area (Å²) in [4.78, 5) is 11.2. The fourth-order valence-corrected chi connectivity index (χ4v) is 3.33. The molecule has 4 heterocycles. The van der Waals surface area contributed by atoms with Gasteiger partial charge in [0.25, 0.3) is 0 Å². The number of nitrogens with two attached hydrogens (primary N) is 1. The molecule has 0 amide bonds. The molecule has 7 heteroatoms. The zero-order chi connectivity index (χ0) is 15.8. The highest BCUT2D eigenvalue weighted by molar-refractivity contribution is 6.42. The molecule has 23 heavy (non-hydrogen) atoms. The molecule has 1 aromatic heterocycles. The van der Waals surface area contributed by atoms with Crippen molar-refractivity contribution < 1.29 is 0 Å². The second kappa shape index (κ2) is 5.66. The summed E-state index contributed by atoms with van der Waals surface area (Å²) in [6.07, 6.45) is 12.2. The van der Waals surface area contributed by atoms with Gasteiger partial charge in [0.2, 0.25) is 0 Å². The maximum Gasteiger partial charge on any atom is 0.176 e. The summed E-state index contributed by atoms with van der Waals surface area (Å²) in [6, 6.07) is 0.163. The van der Waals surface area contributed by atoms with E-state index in [2.05, 4.69) is 27.7 Å². The van der Waals surface area contributed by atoms with Crippen molar-refractivity contribution in [2.45, 2.75) is 18.9 Å². The van der Waals surface area contributed by atoms with E-state index in [1.54, 1.807) is 10.9 Å². The van der Waals surface area contributed by atoms with E-state index in [1.165, 1.54) is 12.8 Å². The molecule has 0 saturated carbocycles. The number of nitrogens with zero attached hydrogens (tertiary/aromatic N) is 5. The number of hydrogen-bond donors (Lipinski definition) is 2. The highest BCUT2D eigenvalue weighted by atomic mass is 15.3. The molecule has 3 aliphatic rings. The van der Waals surface area contributed by atoms with E-state index in [0.717, 1.165) is 30.2 Å². The van der Waals surface area contributed by atoms with Crippen LogP contribution in [0.4, 0.5) is 0 Å². The van der Waals surface area contributed by atoms with Crippen LogP contribution in [-0.2, 0) is 7.05 Å². The third-order valence-corrected chi connectivity index (χ3v) is 4.57. The molecule has 4 rings (SSSR count). The first-order valence-corrected chi connectivity index (χ1v) is 8.01. The Hall–Kier alpha value is -2.41. The van der Waals surface area contributed by atoms with Crippen molar-refractivity contribution in [2.24, 2.45) is 28.7 Å². The van der Waals surface area contributed by atoms with Gasteiger partial charge >= 0.3 is 0 Å². The van der Waals surface area contributed by atoms with Crippen molar-refractivity contribution >= 4 is 17.4 Å². The molecule has 7 nitrogen and oxygen atoms in total. The zero-order valence-corrected chi connectivity index (χ0v) is 13.2. The third kappa shape index (κ3) is 2.57. The molecule has 1 aromatic rings. The number of hydrogen-bond acceptors (Lipinski definition) is 6. The monoisotopic (exact) mass is 311 g/mol. The van der Waals surface area contributed by atoms with Gasteiger partial charge in [0.15, 0.2) is 11.7 Å². The Morgan fingerprint density at radius 3 is 3.04 bits per heavy atom. The lowest BCUT2D eigenvalue weighted by Gasteiger charge is -2.34. The molecular formula is C16H21N7. The fraction of sp³-hybridized carbons (Fsp3) is 0.438. The molecule has 1 fully saturated rings. The summed E-state index contributed by atoms with van der Waals surface area (Å²) in [5.41, 5.74) is 8.03. The number of rotatable bonds is 2. The van der Waals surface area contributed by atoms with E-state index in [4.69, 9.17) is 10.7 Å². The Balaban J connectivity index is 1.64. The second-order valence-corrected chi connectivity index (χ2v) is 6.19. The van der Waals surface area contributed by atoms with Crippen LogP contribution < -0.4 is 11.1 Å². The van der Waals surface area contributed by atoms with E-state index in [0.29, 0.717) is 11.8 Å². The molecule has 120 valence electrons. The number of nitrogens with one attached hydrogen (secondary N) is 1. The summed E-state index contributed by atoms with van der Waals surface area (Å²) in [5, 5.41) is 7.69. The smallest absolute Gasteiger partial charge is 0.176 e. The van der Waals surface area contributed by atoms with Crippen LogP contribution in [0.25, 0.3) is 5.70 Å². The molecule has 3 N–H and O–H groups in total. The SMILES string of the molecule is Cn1cc(C2=CN=C(N)C3=NC(C4CCCNC4)C=CN23)cn1. The highest BCUT2D eigenvalue weighted by Gasteiger charge is 2.30. The minimum absolute atomic E-state index is 0.163. The van der Waals surface area contributed by atoms with Crippen LogP contribution in [0.2, 0.25) is 0 Å². The Bertz CT molecular complexity index is 719. The van der Waals surface area contributed by atoms with Crippen LogP contribution in [0.1, 0.15) is 18.4 Å².